The molecule has 27 heavy (non-hydrogen) atoms. The lowest BCUT2D eigenvalue weighted by molar-refractivity contribution is -0.124. The standard InChI is InChI=1S/C20H23N3O3S/c1-2-10-21-18(24)16-8-4-11-23(16)20(26)14-6-3-7-15(13-14)22-19(25)17-9-5-12-27-17/h3,5-7,9,12-13,16H,2,4,8,10-11H2,1H3,(H,21,24)(H,22,25). The molecule has 6 nitrogen and oxygen atoms in total. The summed E-state index contributed by atoms with van der Waals surface area (Å²) in [6, 6.07) is 10.00. The van der Waals surface area contributed by atoms with Crippen LogP contribution in [0.25, 0.3) is 0 Å². The van der Waals surface area contributed by atoms with Crippen LogP contribution in [0.15, 0.2) is 41.8 Å². The number of benzene rings is 1. The molecule has 2 aromatic rings. The van der Waals surface area contributed by atoms with Crippen molar-refractivity contribution in [3.63, 3.8) is 0 Å². The van der Waals surface area contributed by atoms with Crippen LogP contribution in [-0.2, 0) is 4.79 Å². The molecule has 3 amide bonds. The first kappa shape index (κ1) is 19.1. The highest BCUT2D eigenvalue weighted by Gasteiger charge is 2.34. The van der Waals surface area contributed by atoms with E-state index < -0.39 is 6.04 Å². The highest BCUT2D eigenvalue weighted by Crippen LogP contribution is 2.22. The number of thiophene rings is 1. The topological polar surface area (TPSA) is 78.5 Å². The van der Waals surface area contributed by atoms with E-state index in [1.54, 1.807) is 35.2 Å². The zero-order valence-electron chi connectivity index (χ0n) is 15.2. The molecule has 1 aromatic carbocycles. The van der Waals surface area contributed by atoms with Gasteiger partial charge in [-0.15, -0.1) is 11.3 Å². The quantitative estimate of drug-likeness (QED) is 0.802. The summed E-state index contributed by atoms with van der Waals surface area (Å²) in [5.41, 5.74) is 1.03. The van der Waals surface area contributed by atoms with E-state index in [1.807, 2.05) is 18.4 Å². The number of nitrogens with one attached hydrogen (secondary N) is 2. The molecule has 1 aliphatic heterocycles. The number of nitrogens with zero attached hydrogens (tertiary/aromatic N) is 1. The van der Waals surface area contributed by atoms with E-state index in [1.165, 1.54) is 11.3 Å². The number of carbonyl (C=O) groups excluding carboxylic acids is 3. The van der Waals surface area contributed by atoms with E-state index in [9.17, 15) is 14.4 Å². The van der Waals surface area contributed by atoms with Crippen LogP contribution in [0.5, 0.6) is 0 Å². The number of carbonyl (C=O) groups is 3. The van der Waals surface area contributed by atoms with Crippen molar-refractivity contribution in [1.29, 1.82) is 0 Å². The van der Waals surface area contributed by atoms with Gasteiger partial charge in [-0.05, 0) is 48.9 Å². The Bertz CT molecular complexity index is 820. The first-order valence-corrected chi connectivity index (χ1v) is 10.0. The number of amides is 3. The lowest BCUT2D eigenvalue weighted by Gasteiger charge is -2.24. The van der Waals surface area contributed by atoms with Crippen LogP contribution >= 0.6 is 11.3 Å². The van der Waals surface area contributed by atoms with Crippen molar-refractivity contribution in [1.82, 2.24) is 10.2 Å². The third-order valence-electron chi connectivity index (χ3n) is 4.48. The molecule has 0 saturated carbocycles. The van der Waals surface area contributed by atoms with Gasteiger partial charge in [0.15, 0.2) is 0 Å². The maximum Gasteiger partial charge on any atom is 0.265 e. The predicted molar refractivity (Wildman–Crippen MR) is 106 cm³/mol. The summed E-state index contributed by atoms with van der Waals surface area (Å²) in [6.07, 6.45) is 2.35. The molecule has 1 saturated heterocycles. The molecular formula is C20H23N3O3S. The molecule has 142 valence electrons. The Balaban J connectivity index is 1.71. The third kappa shape index (κ3) is 4.54. The Morgan fingerprint density at radius 1 is 1.22 bits per heavy atom. The van der Waals surface area contributed by atoms with Gasteiger partial charge in [0.2, 0.25) is 5.91 Å². The minimum absolute atomic E-state index is 0.0927. The molecule has 2 heterocycles. The molecule has 0 aliphatic carbocycles. The SMILES string of the molecule is CCCNC(=O)C1CCCN1C(=O)c1cccc(NC(=O)c2cccs2)c1. The molecule has 1 fully saturated rings. The Morgan fingerprint density at radius 3 is 2.81 bits per heavy atom. The second kappa shape index (κ2) is 8.81. The van der Waals surface area contributed by atoms with Crippen LogP contribution in [0.4, 0.5) is 5.69 Å². The van der Waals surface area contributed by atoms with E-state index >= 15 is 0 Å². The lowest BCUT2D eigenvalue weighted by atomic mass is 10.1. The summed E-state index contributed by atoms with van der Waals surface area (Å²) in [5, 5.41) is 7.53. The zero-order valence-corrected chi connectivity index (χ0v) is 16.1. The normalized spacial score (nSPS) is 16.2. The average molecular weight is 385 g/mol. The number of hydrogen-bond donors (Lipinski definition) is 2. The van der Waals surface area contributed by atoms with Crippen LogP contribution < -0.4 is 10.6 Å². The smallest absolute Gasteiger partial charge is 0.265 e. The number of likely N-dealkylation sites (tertiary alicyclic amines) is 1. The largest absolute Gasteiger partial charge is 0.354 e. The second-order valence-electron chi connectivity index (χ2n) is 6.46. The Kier molecular flexibility index (Phi) is 6.24. The molecule has 1 atom stereocenters. The fraction of sp³-hybridized carbons (Fsp3) is 0.350. The van der Waals surface area contributed by atoms with Gasteiger partial charge in [0.05, 0.1) is 4.88 Å². The molecule has 0 bridgehead atoms. The minimum atomic E-state index is -0.423. The number of anilines is 1. The van der Waals surface area contributed by atoms with Gasteiger partial charge in [0.1, 0.15) is 6.04 Å². The van der Waals surface area contributed by atoms with E-state index in [0.717, 1.165) is 12.8 Å². The molecule has 0 spiro atoms. The van der Waals surface area contributed by atoms with Crippen molar-refractivity contribution in [2.75, 3.05) is 18.4 Å². The zero-order chi connectivity index (χ0) is 19.2. The maximum absolute atomic E-state index is 12.9. The molecular weight excluding hydrogens is 362 g/mol. The van der Waals surface area contributed by atoms with Crippen LogP contribution in [0.2, 0.25) is 0 Å². The van der Waals surface area contributed by atoms with Gasteiger partial charge in [-0.1, -0.05) is 19.1 Å². The van der Waals surface area contributed by atoms with E-state index in [2.05, 4.69) is 10.6 Å². The van der Waals surface area contributed by atoms with Gasteiger partial charge in [-0.25, -0.2) is 0 Å². The van der Waals surface area contributed by atoms with Gasteiger partial charge < -0.3 is 15.5 Å². The molecule has 7 heteroatoms. The summed E-state index contributed by atoms with van der Waals surface area (Å²) >= 11 is 1.36. The van der Waals surface area contributed by atoms with Gasteiger partial charge in [-0.2, -0.15) is 0 Å². The summed E-state index contributed by atoms with van der Waals surface area (Å²) in [6.45, 7) is 3.17. The molecule has 0 radical (unpaired) electrons. The summed E-state index contributed by atoms with van der Waals surface area (Å²) in [5.74, 6) is -0.478. The number of rotatable bonds is 6. The van der Waals surface area contributed by atoms with Crippen molar-refractivity contribution in [2.24, 2.45) is 0 Å². The van der Waals surface area contributed by atoms with Gasteiger partial charge in [0.25, 0.3) is 11.8 Å². The van der Waals surface area contributed by atoms with E-state index in [4.69, 9.17) is 0 Å². The van der Waals surface area contributed by atoms with Gasteiger partial charge in [-0.3, -0.25) is 14.4 Å². The molecule has 3 rings (SSSR count). The van der Waals surface area contributed by atoms with Crippen molar-refractivity contribution in [3.8, 4) is 0 Å². The van der Waals surface area contributed by atoms with Crippen molar-refractivity contribution in [3.05, 3.63) is 52.2 Å². The summed E-state index contributed by atoms with van der Waals surface area (Å²) in [7, 11) is 0. The number of hydrogen-bond acceptors (Lipinski definition) is 4. The second-order valence-corrected chi connectivity index (χ2v) is 7.41. The average Bonchev–Trinajstić information content (AvgIpc) is 3.37. The van der Waals surface area contributed by atoms with Crippen LogP contribution in [0.1, 0.15) is 46.2 Å². The van der Waals surface area contributed by atoms with Gasteiger partial charge >= 0.3 is 0 Å². The van der Waals surface area contributed by atoms with E-state index in [0.29, 0.717) is 35.6 Å². The highest BCUT2D eigenvalue weighted by atomic mass is 32.1. The maximum atomic E-state index is 12.9. The molecule has 2 N–H and O–H groups in total. The Labute approximate surface area is 162 Å². The first-order chi connectivity index (χ1) is 13.1. The molecule has 1 unspecified atom stereocenters. The minimum Gasteiger partial charge on any atom is -0.354 e. The monoisotopic (exact) mass is 385 g/mol. The van der Waals surface area contributed by atoms with E-state index in [-0.39, 0.29) is 17.7 Å². The lowest BCUT2D eigenvalue weighted by Crippen LogP contribution is -2.46. The third-order valence-corrected chi connectivity index (χ3v) is 5.35. The van der Waals surface area contributed by atoms with Gasteiger partial charge in [0, 0.05) is 24.3 Å². The fourth-order valence-corrected chi connectivity index (χ4v) is 3.76. The molecule has 1 aliphatic rings. The fourth-order valence-electron chi connectivity index (χ4n) is 3.14. The highest BCUT2D eigenvalue weighted by molar-refractivity contribution is 7.12. The van der Waals surface area contributed by atoms with Crippen LogP contribution in [0.3, 0.4) is 0 Å². The van der Waals surface area contributed by atoms with Crippen molar-refractivity contribution in [2.45, 2.75) is 32.2 Å². The first-order valence-electron chi connectivity index (χ1n) is 9.13. The summed E-state index contributed by atoms with van der Waals surface area (Å²) in [4.78, 5) is 39.7. The van der Waals surface area contributed by atoms with Crippen molar-refractivity contribution >= 4 is 34.7 Å². The van der Waals surface area contributed by atoms with Crippen LogP contribution in [-0.4, -0.2) is 41.8 Å². The summed E-state index contributed by atoms with van der Waals surface area (Å²) < 4.78 is 0. The van der Waals surface area contributed by atoms with Crippen LogP contribution in [0, 0.1) is 0 Å². The Morgan fingerprint density at radius 2 is 2.07 bits per heavy atom. The van der Waals surface area contributed by atoms with Crippen molar-refractivity contribution < 1.29 is 14.4 Å². The predicted octanol–water partition coefficient (Wildman–Crippen LogP) is 3.13. The Hall–Kier alpha value is -2.67. The molecule has 1 aromatic heterocycles.